The minimum atomic E-state index is -0.0180. The van der Waals surface area contributed by atoms with E-state index in [9.17, 15) is 0 Å². The number of pyridine rings is 1. The van der Waals surface area contributed by atoms with E-state index >= 15 is 0 Å². The molecule has 1 aromatic heterocycles. The van der Waals surface area contributed by atoms with Gasteiger partial charge in [0.15, 0.2) is 0 Å². The third-order valence-electron chi connectivity index (χ3n) is 5.45. The van der Waals surface area contributed by atoms with Crippen LogP contribution in [0.2, 0.25) is 0 Å². The topological polar surface area (TPSA) is 12.9 Å². The average Bonchev–Trinajstić information content (AvgIpc) is 2.90. The van der Waals surface area contributed by atoms with Crippen molar-refractivity contribution < 1.29 is 0 Å². The molecule has 5 rings (SSSR count). The Morgan fingerprint density at radius 3 is 2.28 bits per heavy atom. The fourth-order valence-corrected chi connectivity index (χ4v) is 4.28. The maximum absolute atomic E-state index is 4.95. The van der Waals surface area contributed by atoms with Crippen LogP contribution in [0, 0.1) is 0 Å². The fraction of sp³-hybridized carbons (Fsp3) is 0.125. The number of nitrogens with zero attached hydrogens (tertiary/aromatic N) is 1. The minimum absolute atomic E-state index is 0.0180. The summed E-state index contributed by atoms with van der Waals surface area (Å²) in [5.41, 5.74) is 8.80. The lowest BCUT2D eigenvalue weighted by Crippen LogP contribution is -2.16. The SMILES string of the molecule is CC1(C)c2ccccc2-c2cccc(-c3ccc4ccccc4n3)c21. The summed E-state index contributed by atoms with van der Waals surface area (Å²) in [7, 11) is 0. The van der Waals surface area contributed by atoms with Gasteiger partial charge in [-0.25, -0.2) is 4.98 Å². The van der Waals surface area contributed by atoms with Gasteiger partial charge in [0.05, 0.1) is 11.2 Å². The van der Waals surface area contributed by atoms with Gasteiger partial charge in [-0.15, -0.1) is 0 Å². The summed E-state index contributed by atoms with van der Waals surface area (Å²) in [5.74, 6) is 0. The Hall–Kier alpha value is -2.93. The van der Waals surface area contributed by atoms with Crippen molar-refractivity contribution in [3.63, 3.8) is 0 Å². The predicted molar refractivity (Wildman–Crippen MR) is 105 cm³/mol. The maximum atomic E-state index is 4.95. The van der Waals surface area contributed by atoms with E-state index in [-0.39, 0.29) is 5.41 Å². The van der Waals surface area contributed by atoms with Gasteiger partial charge in [0.2, 0.25) is 0 Å². The fourth-order valence-electron chi connectivity index (χ4n) is 4.28. The van der Waals surface area contributed by atoms with Gasteiger partial charge in [0.1, 0.15) is 0 Å². The largest absolute Gasteiger partial charge is 0.248 e. The number of hydrogen-bond donors (Lipinski definition) is 0. The molecule has 0 saturated carbocycles. The first-order chi connectivity index (χ1) is 12.2. The van der Waals surface area contributed by atoms with Crippen LogP contribution in [0.25, 0.3) is 33.3 Å². The number of para-hydroxylation sites is 1. The molecular formula is C24H19N. The van der Waals surface area contributed by atoms with Crippen molar-refractivity contribution in [1.29, 1.82) is 0 Å². The Morgan fingerprint density at radius 2 is 1.36 bits per heavy atom. The first kappa shape index (κ1) is 14.4. The molecule has 0 spiro atoms. The monoisotopic (exact) mass is 321 g/mol. The van der Waals surface area contributed by atoms with Crippen molar-refractivity contribution in [2.24, 2.45) is 0 Å². The van der Waals surface area contributed by atoms with Gasteiger partial charge < -0.3 is 0 Å². The van der Waals surface area contributed by atoms with E-state index in [1.165, 1.54) is 33.2 Å². The van der Waals surface area contributed by atoms with Gasteiger partial charge in [-0.2, -0.15) is 0 Å². The van der Waals surface area contributed by atoms with Crippen molar-refractivity contribution in [3.05, 3.63) is 90.0 Å². The van der Waals surface area contributed by atoms with Crippen molar-refractivity contribution >= 4 is 10.9 Å². The highest BCUT2D eigenvalue weighted by molar-refractivity contribution is 5.89. The normalized spacial score (nSPS) is 14.3. The van der Waals surface area contributed by atoms with Gasteiger partial charge in [0, 0.05) is 16.4 Å². The van der Waals surface area contributed by atoms with Crippen LogP contribution in [-0.4, -0.2) is 4.98 Å². The summed E-state index contributed by atoms with van der Waals surface area (Å²) in [6, 6.07) is 28.0. The van der Waals surface area contributed by atoms with Crippen LogP contribution in [-0.2, 0) is 5.41 Å². The summed E-state index contributed by atoms with van der Waals surface area (Å²) in [4.78, 5) is 4.95. The zero-order chi connectivity index (χ0) is 17.0. The van der Waals surface area contributed by atoms with Gasteiger partial charge in [-0.1, -0.05) is 80.6 Å². The van der Waals surface area contributed by atoms with Crippen LogP contribution in [0.5, 0.6) is 0 Å². The quantitative estimate of drug-likeness (QED) is 0.406. The van der Waals surface area contributed by atoms with Gasteiger partial charge in [-0.3, -0.25) is 0 Å². The summed E-state index contributed by atoms with van der Waals surface area (Å²) >= 11 is 0. The van der Waals surface area contributed by atoms with E-state index in [4.69, 9.17) is 4.98 Å². The Kier molecular flexibility index (Phi) is 2.90. The molecule has 1 aliphatic rings. The van der Waals surface area contributed by atoms with Crippen LogP contribution in [0.3, 0.4) is 0 Å². The molecule has 120 valence electrons. The first-order valence-corrected chi connectivity index (χ1v) is 8.76. The Balaban J connectivity index is 1.80. The summed E-state index contributed by atoms with van der Waals surface area (Å²) < 4.78 is 0. The number of aromatic nitrogens is 1. The van der Waals surface area contributed by atoms with Crippen molar-refractivity contribution in [2.45, 2.75) is 19.3 Å². The second-order valence-corrected chi connectivity index (χ2v) is 7.29. The molecule has 0 atom stereocenters. The first-order valence-electron chi connectivity index (χ1n) is 8.76. The average molecular weight is 321 g/mol. The number of fused-ring (bicyclic) bond motifs is 4. The third kappa shape index (κ3) is 1.99. The Bertz CT molecular complexity index is 1120. The molecule has 1 nitrogen and oxygen atoms in total. The molecule has 1 heterocycles. The van der Waals surface area contributed by atoms with Crippen LogP contribution < -0.4 is 0 Å². The van der Waals surface area contributed by atoms with E-state index in [1.807, 2.05) is 6.07 Å². The Labute approximate surface area is 148 Å². The maximum Gasteiger partial charge on any atom is 0.0713 e. The number of rotatable bonds is 1. The van der Waals surface area contributed by atoms with Crippen molar-refractivity contribution in [1.82, 2.24) is 4.98 Å². The molecular weight excluding hydrogens is 302 g/mol. The van der Waals surface area contributed by atoms with E-state index < -0.39 is 0 Å². The zero-order valence-corrected chi connectivity index (χ0v) is 14.5. The van der Waals surface area contributed by atoms with Crippen molar-refractivity contribution in [2.75, 3.05) is 0 Å². The predicted octanol–water partition coefficient (Wildman–Crippen LogP) is 6.21. The third-order valence-corrected chi connectivity index (χ3v) is 5.45. The van der Waals surface area contributed by atoms with Crippen LogP contribution in [0.15, 0.2) is 78.9 Å². The van der Waals surface area contributed by atoms with E-state index in [1.54, 1.807) is 0 Å². The molecule has 3 aromatic carbocycles. The molecule has 0 saturated heterocycles. The highest BCUT2D eigenvalue weighted by Crippen LogP contribution is 2.51. The summed E-state index contributed by atoms with van der Waals surface area (Å²) in [6.07, 6.45) is 0. The van der Waals surface area contributed by atoms with Crippen molar-refractivity contribution in [3.8, 4) is 22.4 Å². The highest BCUT2D eigenvalue weighted by Gasteiger charge is 2.37. The lowest BCUT2D eigenvalue weighted by molar-refractivity contribution is 0.662. The highest BCUT2D eigenvalue weighted by atomic mass is 14.7. The molecule has 0 N–H and O–H groups in total. The summed E-state index contributed by atoms with van der Waals surface area (Å²) in [6.45, 7) is 4.64. The van der Waals surface area contributed by atoms with Gasteiger partial charge in [0.25, 0.3) is 0 Å². The second-order valence-electron chi connectivity index (χ2n) is 7.29. The number of benzene rings is 3. The minimum Gasteiger partial charge on any atom is -0.248 e. The molecule has 0 aliphatic heterocycles. The molecule has 0 radical (unpaired) electrons. The van der Waals surface area contributed by atoms with Crippen LogP contribution in [0.1, 0.15) is 25.0 Å². The zero-order valence-electron chi connectivity index (χ0n) is 14.5. The number of hydrogen-bond acceptors (Lipinski definition) is 1. The van der Waals surface area contributed by atoms with Gasteiger partial charge >= 0.3 is 0 Å². The van der Waals surface area contributed by atoms with E-state index in [2.05, 4.69) is 86.6 Å². The molecule has 0 amide bonds. The molecule has 1 heteroatoms. The summed E-state index contributed by atoms with van der Waals surface area (Å²) in [5, 5.41) is 1.18. The van der Waals surface area contributed by atoms with Crippen LogP contribution >= 0.6 is 0 Å². The Morgan fingerprint density at radius 1 is 0.640 bits per heavy atom. The standard InChI is InChI=1S/C24H19N/c1-24(2)20-12-5-4-9-17(20)18-10-7-11-19(23(18)24)22-15-14-16-8-3-6-13-21(16)25-22/h3-15H,1-2H3. The van der Waals surface area contributed by atoms with E-state index in [0.717, 1.165) is 11.2 Å². The van der Waals surface area contributed by atoms with Gasteiger partial charge in [-0.05, 0) is 34.4 Å². The molecule has 0 unspecified atom stereocenters. The lowest BCUT2D eigenvalue weighted by Gasteiger charge is -2.24. The lowest BCUT2D eigenvalue weighted by atomic mass is 9.79. The smallest absolute Gasteiger partial charge is 0.0713 e. The van der Waals surface area contributed by atoms with E-state index in [0.29, 0.717) is 0 Å². The van der Waals surface area contributed by atoms with Crippen LogP contribution in [0.4, 0.5) is 0 Å². The molecule has 4 aromatic rings. The second kappa shape index (κ2) is 5.03. The molecule has 0 fully saturated rings. The molecule has 0 bridgehead atoms. The molecule has 25 heavy (non-hydrogen) atoms. The molecule has 1 aliphatic carbocycles.